The molecule has 0 N–H and O–H groups in total. The van der Waals surface area contributed by atoms with Gasteiger partial charge in [-0.25, -0.2) is 17.1 Å². The van der Waals surface area contributed by atoms with E-state index in [2.05, 4.69) is 58.9 Å². The second-order valence-electron chi connectivity index (χ2n) is 4.03. The Morgan fingerprint density at radius 1 is 1.12 bits per heavy atom. The van der Waals surface area contributed by atoms with Crippen LogP contribution in [0.5, 0.6) is 0 Å². The molecule has 0 saturated carbocycles. The fraction of sp³-hybridized carbons (Fsp3) is 0.143. The molecule has 80 valence electrons. The average molecular weight is 209 g/mol. The summed E-state index contributed by atoms with van der Waals surface area (Å²) in [7, 11) is 0. The minimum atomic E-state index is 0.902. The molecule has 0 unspecified atom stereocenters. The number of rotatable bonds is 2. The molecule has 2 nitrogen and oxygen atoms in total. The number of hydrogen-bond donors (Lipinski definition) is 0. The normalized spacial score (nSPS) is 11.1. The van der Waals surface area contributed by atoms with Gasteiger partial charge in [-0.15, -0.1) is 5.56 Å². The minimum Gasteiger partial charge on any atom is -0.336 e. The van der Waals surface area contributed by atoms with Gasteiger partial charge in [0.1, 0.15) is 5.82 Å². The van der Waals surface area contributed by atoms with E-state index < -0.39 is 0 Å². The van der Waals surface area contributed by atoms with Gasteiger partial charge in [-0.05, 0) is 19.1 Å². The highest BCUT2D eigenvalue weighted by Gasteiger charge is 2.04. The maximum absolute atomic E-state index is 4.56. The van der Waals surface area contributed by atoms with Crippen LogP contribution in [0.2, 0.25) is 0 Å². The first-order valence-electron chi connectivity index (χ1n) is 5.47. The van der Waals surface area contributed by atoms with Gasteiger partial charge < -0.3 is 4.57 Å². The third kappa shape index (κ3) is 1.43. The van der Waals surface area contributed by atoms with Gasteiger partial charge in [-0.3, -0.25) is 0 Å². The van der Waals surface area contributed by atoms with Crippen molar-refractivity contribution in [3.63, 3.8) is 0 Å². The molecule has 2 aromatic carbocycles. The van der Waals surface area contributed by atoms with Crippen molar-refractivity contribution < 1.29 is 0 Å². The Bertz CT molecular complexity index is 603. The lowest BCUT2D eigenvalue weighted by Crippen LogP contribution is -2.00. The van der Waals surface area contributed by atoms with Gasteiger partial charge in [-0.2, -0.15) is 12.1 Å². The summed E-state index contributed by atoms with van der Waals surface area (Å²) in [6.45, 7) is 2.96. The Morgan fingerprint density at radius 2 is 1.88 bits per heavy atom. The second-order valence-corrected chi connectivity index (χ2v) is 4.03. The zero-order valence-electron chi connectivity index (χ0n) is 9.22. The number of fused-ring (bicyclic) bond motifs is 1. The fourth-order valence-electron chi connectivity index (χ4n) is 2.10. The van der Waals surface area contributed by atoms with Gasteiger partial charge in [0.15, 0.2) is 0 Å². The summed E-state index contributed by atoms with van der Waals surface area (Å²) in [5, 5.41) is 0. The molecule has 0 radical (unpaired) electrons. The third-order valence-corrected chi connectivity index (χ3v) is 2.92. The average Bonchev–Trinajstić information content (AvgIpc) is 2.89. The van der Waals surface area contributed by atoms with Crippen LogP contribution in [-0.4, -0.2) is 9.55 Å². The van der Waals surface area contributed by atoms with Gasteiger partial charge >= 0.3 is 0 Å². The molecule has 0 amide bonds. The van der Waals surface area contributed by atoms with E-state index in [-0.39, 0.29) is 0 Å². The largest absolute Gasteiger partial charge is 0.336 e. The van der Waals surface area contributed by atoms with Crippen molar-refractivity contribution in [2.75, 3.05) is 0 Å². The predicted octanol–water partition coefficient (Wildman–Crippen LogP) is 3.11. The van der Waals surface area contributed by atoms with Crippen LogP contribution in [0.3, 0.4) is 0 Å². The van der Waals surface area contributed by atoms with Gasteiger partial charge in [0, 0.05) is 6.54 Å². The van der Waals surface area contributed by atoms with Crippen molar-refractivity contribution in [2.45, 2.75) is 13.5 Å². The molecule has 0 bridgehead atoms. The van der Waals surface area contributed by atoms with Crippen molar-refractivity contribution in [3.8, 4) is 0 Å². The first kappa shape index (κ1) is 9.28. The first-order valence-corrected chi connectivity index (χ1v) is 5.47. The molecule has 0 atom stereocenters. The van der Waals surface area contributed by atoms with E-state index in [1.54, 1.807) is 0 Å². The molecule has 3 rings (SSSR count). The van der Waals surface area contributed by atoms with Gasteiger partial charge in [-0.1, -0.05) is 12.1 Å². The van der Waals surface area contributed by atoms with Crippen LogP contribution in [0.25, 0.3) is 11.0 Å². The topological polar surface area (TPSA) is 17.8 Å². The number of hydrogen-bond acceptors (Lipinski definition) is 1. The summed E-state index contributed by atoms with van der Waals surface area (Å²) < 4.78 is 2.25. The van der Waals surface area contributed by atoms with E-state index in [0.29, 0.717) is 0 Å². The molecule has 1 aromatic heterocycles. The second kappa shape index (κ2) is 3.56. The molecule has 16 heavy (non-hydrogen) atoms. The Labute approximate surface area is 94.5 Å². The number of nitrogens with zero attached hydrogens (tertiary/aromatic N) is 2. The van der Waals surface area contributed by atoms with Crippen molar-refractivity contribution in [1.29, 1.82) is 0 Å². The van der Waals surface area contributed by atoms with Crippen LogP contribution in [0.1, 0.15) is 11.4 Å². The third-order valence-electron chi connectivity index (χ3n) is 2.92. The lowest BCUT2D eigenvalue weighted by atomic mass is 10.3. The molecule has 3 aromatic rings. The van der Waals surface area contributed by atoms with E-state index >= 15 is 0 Å². The Morgan fingerprint density at radius 3 is 2.69 bits per heavy atom. The van der Waals surface area contributed by atoms with Crippen molar-refractivity contribution in [2.24, 2.45) is 0 Å². The molecule has 0 aliphatic rings. The number of para-hydroxylation sites is 2. The van der Waals surface area contributed by atoms with Crippen LogP contribution < -0.4 is 0 Å². The fourth-order valence-corrected chi connectivity index (χ4v) is 2.10. The smallest absolute Gasteiger partial charge is 0.106 e. The summed E-state index contributed by atoms with van der Waals surface area (Å²) >= 11 is 0. The maximum atomic E-state index is 4.56. The highest BCUT2D eigenvalue weighted by Crippen LogP contribution is 2.17. The van der Waals surface area contributed by atoms with Gasteiger partial charge in [0.25, 0.3) is 0 Å². The Kier molecular flexibility index (Phi) is 2.07. The molecular weight excluding hydrogens is 196 g/mol. The monoisotopic (exact) mass is 209 g/mol. The molecule has 0 aliphatic carbocycles. The SMILES string of the molecule is Cc1nc2ccccc2n1C[c-]1cccc1. The summed E-state index contributed by atoms with van der Waals surface area (Å²) in [5.41, 5.74) is 3.61. The summed E-state index contributed by atoms with van der Waals surface area (Å²) in [5.74, 6) is 1.07. The van der Waals surface area contributed by atoms with E-state index in [4.69, 9.17) is 0 Å². The number of aromatic nitrogens is 2. The summed E-state index contributed by atoms with van der Waals surface area (Å²) in [6.07, 6.45) is 0. The predicted molar refractivity (Wildman–Crippen MR) is 65.6 cm³/mol. The van der Waals surface area contributed by atoms with E-state index in [1.807, 2.05) is 6.07 Å². The zero-order valence-corrected chi connectivity index (χ0v) is 9.22. The van der Waals surface area contributed by atoms with Gasteiger partial charge in [0.05, 0.1) is 11.0 Å². The van der Waals surface area contributed by atoms with Crippen LogP contribution in [0.4, 0.5) is 0 Å². The summed E-state index contributed by atoms with van der Waals surface area (Å²) in [6, 6.07) is 16.7. The standard InChI is InChI=1S/C14H13N2/c1-11-15-13-8-4-5-9-14(13)16(11)10-12-6-2-3-7-12/h2-9H,10H2,1H3/q-1. The number of benzene rings is 1. The maximum Gasteiger partial charge on any atom is 0.106 e. The molecule has 0 saturated heterocycles. The Hall–Kier alpha value is -1.96. The quantitative estimate of drug-likeness (QED) is 0.593. The lowest BCUT2D eigenvalue weighted by molar-refractivity contribution is 0.788. The van der Waals surface area contributed by atoms with Crippen molar-refractivity contribution in [3.05, 3.63) is 59.9 Å². The molecule has 0 fully saturated rings. The van der Waals surface area contributed by atoms with E-state index in [1.165, 1.54) is 11.1 Å². The highest BCUT2D eigenvalue weighted by molar-refractivity contribution is 5.75. The number of imidazole rings is 1. The highest BCUT2D eigenvalue weighted by atomic mass is 15.1. The van der Waals surface area contributed by atoms with Crippen molar-refractivity contribution in [1.82, 2.24) is 9.55 Å². The molecular formula is C14H13N2-. The molecule has 2 heteroatoms. The van der Waals surface area contributed by atoms with E-state index in [0.717, 1.165) is 17.9 Å². The molecule has 0 spiro atoms. The summed E-state index contributed by atoms with van der Waals surface area (Å²) in [4.78, 5) is 4.56. The van der Waals surface area contributed by atoms with Crippen molar-refractivity contribution >= 4 is 11.0 Å². The van der Waals surface area contributed by atoms with Crippen LogP contribution in [0, 0.1) is 6.92 Å². The van der Waals surface area contributed by atoms with Crippen LogP contribution in [-0.2, 0) is 6.54 Å². The van der Waals surface area contributed by atoms with E-state index in [9.17, 15) is 0 Å². The molecule has 0 aliphatic heterocycles. The number of aryl methyl sites for hydroxylation is 1. The van der Waals surface area contributed by atoms with Crippen LogP contribution in [0.15, 0.2) is 48.5 Å². The van der Waals surface area contributed by atoms with Gasteiger partial charge in [0.2, 0.25) is 0 Å². The zero-order chi connectivity index (χ0) is 11.0. The van der Waals surface area contributed by atoms with Crippen LogP contribution >= 0.6 is 0 Å². The molecule has 1 heterocycles. The minimum absolute atomic E-state index is 0.902. The first-order chi connectivity index (χ1) is 7.84. The Balaban J connectivity index is 2.12. The lowest BCUT2D eigenvalue weighted by Gasteiger charge is -2.08.